The van der Waals surface area contributed by atoms with E-state index in [1.165, 1.54) is 20.4 Å². The number of nitrogens with one attached hydrogen (secondary N) is 1. The minimum atomic E-state index is -0.445. The van der Waals surface area contributed by atoms with Crippen LogP contribution in [0.3, 0.4) is 0 Å². The molecule has 0 atom stereocenters. The second kappa shape index (κ2) is 10.5. The van der Waals surface area contributed by atoms with Gasteiger partial charge in [0.1, 0.15) is 31.3 Å². The minimum Gasteiger partial charge on any atom is -0.497 e. The third-order valence-corrected chi connectivity index (χ3v) is 6.71. The van der Waals surface area contributed by atoms with Gasteiger partial charge in [-0.05, 0) is 37.1 Å². The van der Waals surface area contributed by atoms with Crippen LogP contribution in [0.15, 0.2) is 59.5 Å². The van der Waals surface area contributed by atoms with Crippen molar-refractivity contribution in [2.75, 3.05) is 32.8 Å². The first-order valence-electron chi connectivity index (χ1n) is 12.4. The highest BCUT2D eigenvalue weighted by Crippen LogP contribution is 2.34. The zero-order valence-corrected chi connectivity index (χ0v) is 22.1. The molecule has 1 aliphatic rings. The predicted octanol–water partition coefficient (Wildman–Crippen LogP) is 4.28. The molecule has 1 N–H and O–H groups in total. The predicted molar refractivity (Wildman–Crippen MR) is 147 cm³/mol. The van der Waals surface area contributed by atoms with E-state index in [4.69, 9.17) is 18.9 Å². The number of aryl methyl sites for hydroxylation is 2. The molecule has 2 heterocycles. The normalized spacial score (nSPS) is 12.2. The Morgan fingerprint density at radius 2 is 1.56 bits per heavy atom. The Kier molecular flexibility index (Phi) is 6.98. The molecule has 0 aliphatic carbocycles. The average Bonchev–Trinajstić information content (AvgIpc) is 2.94. The molecule has 0 saturated carbocycles. The second-order valence-electron chi connectivity index (χ2n) is 9.29. The maximum Gasteiger partial charge on any atom is 0.244 e. The van der Waals surface area contributed by atoms with E-state index in [1.807, 2.05) is 19.9 Å². The van der Waals surface area contributed by atoms with Gasteiger partial charge in [-0.2, -0.15) is 0 Å². The number of pyridine rings is 1. The molecule has 39 heavy (non-hydrogen) atoms. The molecule has 0 radical (unpaired) electrons. The van der Waals surface area contributed by atoms with Crippen molar-refractivity contribution in [1.29, 1.82) is 0 Å². The Hall–Kier alpha value is -4.79. The summed E-state index contributed by atoms with van der Waals surface area (Å²) in [4.78, 5) is 40.3. The summed E-state index contributed by atoms with van der Waals surface area (Å²) in [7, 11) is 3.04. The van der Waals surface area contributed by atoms with E-state index in [-0.39, 0.29) is 23.4 Å². The van der Waals surface area contributed by atoms with Crippen LogP contribution in [0.25, 0.3) is 10.9 Å². The number of benzene rings is 3. The van der Waals surface area contributed by atoms with Crippen LogP contribution in [0.5, 0.6) is 23.0 Å². The third kappa shape index (κ3) is 5.16. The van der Waals surface area contributed by atoms with Crippen LogP contribution in [0.4, 0.5) is 5.69 Å². The molecule has 5 rings (SSSR count). The highest BCUT2D eigenvalue weighted by molar-refractivity contribution is 6.10. The van der Waals surface area contributed by atoms with E-state index in [9.17, 15) is 14.4 Å². The topological polar surface area (TPSA) is 105 Å². The molecule has 0 unspecified atom stereocenters. The first-order chi connectivity index (χ1) is 18.8. The van der Waals surface area contributed by atoms with E-state index < -0.39 is 11.2 Å². The van der Waals surface area contributed by atoms with E-state index in [0.29, 0.717) is 53.0 Å². The van der Waals surface area contributed by atoms with Crippen LogP contribution in [0.1, 0.15) is 27.0 Å². The highest BCUT2D eigenvalue weighted by Gasteiger charge is 2.22. The molecule has 1 aliphatic heterocycles. The number of hydrogen-bond donors (Lipinski definition) is 1. The molecule has 200 valence electrons. The number of rotatable bonds is 7. The number of nitrogens with zero attached hydrogens (tertiary/aromatic N) is 1. The number of carbonyl (C=O) groups excluding carboxylic acids is 2. The van der Waals surface area contributed by atoms with Gasteiger partial charge in [-0.1, -0.05) is 12.1 Å². The van der Waals surface area contributed by atoms with Gasteiger partial charge >= 0.3 is 0 Å². The molecule has 1 amide bonds. The molecule has 0 fully saturated rings. The third-order valence-electron chi connectivity index (χ3n) is 6.71. The fraction of sp³-hybridized carbons (Fsp3) is 0.233. The summed E-state index contributed by atoms with van der Waals surface area (Å²) in [6.07, 6.45) is 1.43. The van der Waals surface area contributed by atoms with E-state index in [0.717, 1.165) is 11.1 Å². The Bertz CT molecular complexity index is 1650. The van der Waals surface area contributed by atoms with Crippen molar-refractivity contribution in [3.63, 3.8) is 0 Å². The summed E-state index contributed by atoms with van der Waals surface area (Å²) in [6.45, 7) is 4.40. The summed E-state index contributed by atoms with van der Waals surface area (Å²) in [5.41, 5.74) is 2.80. The van der Waals surface area contributed by atoms with Crippen molar-refractivity contribution in [2.24, 2.45) is 0 Å². The highest BCUT2D eigenvalue weighted by atomic mass is 16.6. The second-order valence-corrected chi connectivity index (χ2v) is 9.29. The molecule has 9 nitrogen and oxygen atoms in total. The van der Waals surface area contributed by atoms with Crippen LogP contribution in [-0.4, -0.2) is 43.7 Å². The van der Waals surface area contributed by atoms with Gasteiger partial charge in [0.2, 0.25) is 11.3 Å². The molecule has 0 saturated heterocycles. The Morgan fingerprint density at radius 3 is 2.21 bits per heavy atom. The number of methoxy groups -OCH3 is 2. The van der Waals surface area contributed by atoms with Crippen molar-refractivity contribution in [1.82, 2.24) is 4.57 Å². The van der Waals surface area contributed by atoms with Crippen molar-refractivity contribution in [2.45, 2.75) is 20.4 Å². The Balaban J connectivity index is 1.58. The molecule has 4 aromatic rings. The number of fused-ring (bicyclic) bond motifs is 2. The molecular weight excluding hydrogens is 500 g/mol. The molecule has 0 spiro atoms. The lowest BCUT2D eigenvalue weighted by Crippen LogP contribution is -2.25. The van der Waals surface area contributed by atoms with Gasteiger partial charge in [0, 0.05) is 41.7 Å². The summed E-state index contributed by atoms with van der Waals surface area (Å²) >= 11 is 0. The number of ether oxygens (including phenoxy) is 4. The van der Waals surface area contributed by atoms with Crippen LogP contribution in [0, 0.1) is 13.8 Å². The summed E-state index contributed by atoms with van der Waals surface area (Å²) < 4.78 is 23.5. The summed E-state index contributed by atoms with van der Waals surface area (Å²) in [6, 6.07) is 13.6. The van der Waals surface area contributed by atoms with Gasteiger partial charge < -0.3 is 28.8 Å². The van der Waals surface area contributed by atoms with E-state index in [1.54, 1.807) is 47.0 Å². The van der Waals surface area contributed by atoms with Gasteiger partial charge in [0.25, 0.3) is 0 Å². The molecule has 3 aromatic carbocycles. The zero-order valence-electron chi connectivity index (χ0n) is 22.1. The molecule has 1 aromatic heterocycles. The number of hydrogen-bond acceptors (Lipinski definition) is 7. The largest absolute Gasteiger partial charge is 0.497 e. The standard InChI is InChI=1S/C30H28N2O7/c1-17-5-6-19(9-18(17)2)29(34)24-15-32(16-28(33)31-20-10-21(36-3)12-22(11-20)37-4)25-14-27-26(38-7-8-39-27)13-23(25)30(24)35/h5-6,9-15H,7-8,16H2,1-4H3,(H,31,33). The number of carbonyl (C=O) groups is 2. The number of amides is 1. The fourth-order valence-corrected chi connectivity index (χ4v) is 4.49. The van der Waals surface area contributed by atoms with Gasteiger partial charge in [-0.25, -0.2) is 0 Å². The zero-order chi connectivity index (χ0) is 27.7. The van der Waals surface area contributed by atoms with Crippen LogP contribution in [0.2, 0.25) is 0 Å². The first-order valence-corrected chi connectivity index (χ1v) is 12.4. The Labute approximate surface area is 224 Å². The van der Waals surface area contributed by atoms with Crippen molar-refractivity contribution in [3.8, 4) is 23.0 Å². The minimum absolute atomic E-state index is 0.0433. The van der Waals surface area contributed by atoms with Crippen LogP contribution < -0.4 is 29.7 Å². The number of anilines is 1. The van der Waals surface area contributed by atoms with Gasteiger partial charge in [0.15, 0.2) is 17.3 Å². The van der Waals surface area contributed by atoms with Crippen LogP contribution in [-0.2, 0) is 11.3 Å². The van der Waals surface area contributed by atoms with Gasteiger partial charge in [-0.15, -0.1) is 0 Å². The molecule has 9 heteroatoms. The van der Waals surface area contributed by atoms with Crippen molar-refractivity contribution < 1.29 is 28.5 Å². The summed E-state index contributed by atoms with van der Waals surface area (Å²) in [5, 5.41) is 3.09. The maximum atomic E-state index is 13.6. The maximum absolute atomic E-state index is 13.6. The molecular formula is C30H28N2O7. The first kappa shape index (κ1) is 25.8. The molecule has 0 bridgehead atoms. The monoisotopic (exact) mass is 528 g/mol. The smallest absolute Gasteiger partial charge is 0.244 e. The quantitative estimate of drug-likeness (QED) is 0.357. The lowest BCUT2D eigenvalue weighted by Gasteiger charge is -2.20. The van der Waals surface area contributed by atoms with Gasteiger partial charge in [-0.3, -0.25) is 14.4 Å². The number of ketones is 1. The van der Waals surface area contributed by atoms with E-state index in [2.05, 4.69) is 5.32 Å². The lowest BCUT2D eigenvalue weighted by molar-refractivity contribution is -0.116. The Morgan fingerprint density at radius 1 is 0.897 bits per heavy atom. The van der Waals surface area contributed by atoms with Crippen molar-refractivity contribution in [3.05, 3.63) is 87.2 Å². The van der Waals surface area contributed by atoms with Crippen molar-refractivity contribution >= 4 is 28.3 Å². The SMILES string of the molecule is COc1cc(NC(=O)Cn2cc(C(=O)c3ccc(C)c(C)c3)c(=O)c3cc4c(cc32)OCCO4)cc(OC)c1. The summed E-state index contributed by atoms with van der Waals surface area (Å²) in [5.74, 6) is 1.11. The number of aromatic nitrogens is 1. The average molecular weight is 529 g/mol. The van der Waals surface area contributed by atoms with Gasteiger partial charge in [0.05, 0.1) is 30.7 Å². The fourth-order valence-electron chi connectivity index (χ4n) is 4.49. The van der Waals surface area contributed by atoms with E-state index >= 15 is 0 Å². The lowest BCUT2D eigenvalue weighted by atomic mass is 9.98. The van der Waals surface area contributed by atoms with Crippen LogP contribution >= 0.6 is 0 Å².